The number of hydrogen-bond acceptors (Lipinski definition) is 6. The van der Waals surface area contributed by atoms with Gasteiger partial charge in [-0.2, -0.15) is 5.10 Å². The molecule has 3 rings (SSSR count). The first kappa shape index (κ1) is 18.1. The summed E-state index contributed by atoms with van der Waals surface area (Å²) < 4.78 is 24.2. The number of anilines is 1. The van der Waals surface area contributed by atoms with Gasteiger partial charge in [0.15, 0.2) is 12.4 Å². The number of ketones is 1. The van der Waals surface area contributed by atoms with E-state index in [2.05, 4.69) is 9.84 Å². The molecule has 27 heavy (non-hydrogen) atoms. The van der Waals surface area contributed by atoms with Gasteiger partial charge in [-0.1, -0.05) is 12.1 Å². The summed E-state index contributed by atoms with van der Waals surface area (Å²) in [6.07, 6.45) is 1.35. The Labute approximate surface area is 154 Å². The van der Waals surface area contributed by atoms with Crippen LogP contribution in [0.3, 0.4) is 0 Å². The van der Waals surface area contributed by atoms with Gasteiger partial charge in [-0.15, -0.1) is 0 Å². The van der Waals surface area contributed by atoms with Gasteiger partial charge in [-0.3, -0.25) is 4.79 Å². The smallest absolute Gasteiger partial charge is 0.343 e. The lowest BCUT2D eigenvalue weighted by atomic mass is 10.1. The first-order valence-corrected chi connectivity index (χ1v) is 7.93. The summed E-state index contributed by atoms with van der Waals surface area (Å²) in [6, 6.07) is 11.9. The molecular weight excluding hydrogens is 353 g/mol. The maximum atomic E-state index is 13.1. The minimum Gasteiger partial charge on any atom is -0.482 e. The zero-order valence-electron chi connectivity index (χ0n) is 14.4. The highest BCUT2D eigenvalue weighted by Crippen LogP contribution is 2.22. The lowest BCUT2D eigenvalue weighted by molar-refractivity contribution is -0.142. The fourth-order valence-corrected chi connectivity index (χ4v) is 2.40. The van der Waals surface area contributed by atoms with Gasteiger partial charge >= 0.3 is 5.97 Å². The molecule has 0 unspecified atom stereocenters. The molecule has 1 aromatic heterocycles. The molecule has 3 aromatic rings. The zero-order chi connectivity index (χ0) is 19.4. The maximum Gasteiger partial charge on any atom is 0.343 e. The average Bonchev–Trinajstić information content (AvgIpc) is 3.07. The van der Waals surface area contributed by atoms with Gasteiger partial charge in [0.25, 0.3) is 0 Å². The highest BCUT2D eigenvalue weighted by atomic mass is 19.1. The molecule has 0 spiro atoms. The third kappa shape index (κ3) is 3.95. The van der Waals surface area contributed by atoms with Gasteiger partial charge in [0, 0.05) is 5.56 Å². The predicted molar refractivity (Wildman–Crippen MR) is 95.3 cm³/mol. The molecule has 7 nitrogen and oxygen atoms in total. The molecule has 1 heterocycles. The second-order valence-corrected chi connectivity index (χ2v) is 5.55. The molecule has 0 aliphatic carbocycles. The Morgan fingerprint density at radius 1 is 1.19 bits per heavy atom. The van der Waals surface area contributed by atoms with Crippen LogP contribution in [0.5, 0.6) is 5.75 Å². The van der Waals surface area contributed by atoms with Gasteiger partial charge in [0.1, 0.15) is 17.4 Å². The first-order valence-electron chi connectivity index (χ1n) is 7.93. The number of nitrogen functional groups attached to an aromatic ring is 1. The van der Waals surface area contributed by atoms with E-state index in [0.717, 1.165) is 0 Å². The van der Waals surface area contributed by atoms with Crippen molar-refractivity contribution in [2.75, 3.05) is 19.5 Å². The van der Waals surface area contributed by atoms with Crippen molar-refractivity contribution >= 4 is 17.6 Å². The topological polar surface area (TPSA) is 96.4 Å². The fraction of sp³-hybridized carbons (Fsp3) is 0.105. The number of esters is 1. The second-order valence-electron chi connectivity index (χ2n) is 5.55. The lowest BCUT2D eigenvalue weighted by Gasteiger charge is -2.07. The van der Waals surface area contributed by atoms with Crippen LogP contribution in [0.2, 0.25) is 0 Å². The van der Waals surface area contributed by atoms with Crippen molar-refractivity contribution in [2.24, 2.45) is 0 Å². The Morgan fingerprint density at radius 2 is 1.93 bits per heavy atom. The molecule has 0 radical (unpaired) electrons. The van der Waals surface area contributed by atoms with E-state index in [-0.39, 0.29) is 29.6 Å². The van der Waals surface area contributed by atoms with Gasteiger partial charge in [0.05, 0.1) is 24.6 Å². The molecule has 0 aliphatic rings. The Hall–Kier alpha value is -3.68. The summed E-state index contributed by atoms with van der Waals surface area (Å²) in [7, 11) is 1.26. The van der Waals surface area contributed by atoms with E-state index < -0.39 is 5.97 Å². The Morgan fingerprint density at radius 3 is 2.63 bits per heavy atom. The van der Waals surface area contributed by atoms with E-state index in [1.807, 2.05) is 0 Å². The van der Waals surface area contributed by atoms with Crippen molar-refractivity contribution in [3.05, 3.63) is 71.7 Å². The molecule has 0 fully saturated rings. The number of halogens is 1. The minimum atomic E-state index is -0.531. The van der Waals surface area contributed by atoms with Crippen LogP contribution in [0.1, 0.15) is 15.9 Å². The van der Waals surface area contributed by atoms with E-state index in [1.165, 1.54) is 48.3 Å². The van der Waals surface area contributed by atoms with E-state index in [0.29, 0.717) is 17.0 Å². The molecule has 0 saturated heterocycles. The molecule has 2 N–H and O–H groups in total. The summed E-state index contributed by atoms with van der Waals surface area (Å²) in [5.41, 5.74) is 7.11. The van der Waals surface area contributed by atoms with Crippen LogP contribution in [0.15, 0.2) is 54.7 Å². The Balaban J connectivity index is 1.84. The number of aromatic nitrogens is 2. The van der Waals surface area contributed by atoms with Crippen molar-refractivity contribution in [3.8, 4) is 11.4 Å². The highest BCUT2D eigenvalue weighted by Gasteiger charge is 2.18. The third-order valence-corrected chi connectivity index (χ3v) is 3.80. The summed E-state index contributed by atoms with van der Waals surface area (Å²) in [4.78, 5) is 23.9. The van der Waals surface area contributed by atoms with Gasteiger partial charge in [-0.25, -0.2) is 13.9 Å². The lowest BCUT2D eigenvalue weighted by Crippen LogP contribution is -2.13. The van der Waals surface area contributed by atoms with Crippen LogP contribution in [0.25, 0.3) is 5.69 Å². The summed E-state index contributed by atoms with van der Waals surface area (Å²) in [5, 5.41) is 4.11. The number of rotatable bonds is 6. The van der Waals surface area contributed by atoms with Gasteiger partial charge in [0.2, 0.25) is 0 Å². The van der Waals surface area contributed by atoms with E-state index >= 15 is 0 Å². The van der Waals surface area contributed by atoms with Crippen molar-refractivity contribution in [3.63, 3.8) is 0 Å². The standard InChI is InChI=1S/C19H16FN3O4/c1-26-17(24)11-27-15-4-2-3-12(9-15)18(25)16-10-22-23(19(16)21)14-7-5-13(20)6-8-14/h2-10H,11,21H2,1H3. The normalized spacial score (nSPS) is 10.4. The van der Waals surface area contributed by atoms with Crippen molar-refractivity contribution in [2.45, 2.75) is 0 Å². The van der Waals surface area contributed by atoms with Crippen molar-refractivity contribution in [1.29, 1.82) is 0 Å². The molecule has 0 atom stereocenters. The largest absolute Gasteiger partial charge is 0.482 e. The quantitative estimate of drug-likeness (QED) is 0.529. The Bertz CT molecular complexity index is 983. The molecule has 0 amide bonds. The molecule has 2 aromatic carbocycles. The SMILES string of the molecule is COC(=O)COc1cccc(C(=O)c2cnn(-c3ccc(F)cc3)c2N)c1. The molecular formula is C19H16FN3O4. The minimum absolute atomic E-state index is 0.132. The molecule has 0 aliphatic heterocycles. The summed E-state index contributed by atoms with van der Waals surface area (Å²) in [6.45, 7) is -0.265. The molecule has 138 valence electrons. The van der Waals surface area contributed by atoms with Crippen LogP contribution in [0, 0.1) is 5.82 Å². The number of methoxy groups -OCH3 is 1. The number of benzene rings is 2. The summed E-state index contributed by atoms with van der Waals surface area (Å²) >= 11 is 0. The Kier molecular flexibility index (Phi) is 5.16. The van der Waals surface area contributed by atoms with Crippen LogP contribution in [-0.2, 0) is 9.53 Å². The maximum absolute atomic E-state index is 13.1. The number of carbonyl (C=O) groups excluding carboxylic acids is 2. The van der Waals surface area contributed by atoms with Gasteiger partial charge < -0.3 is 15.2 Å². The third-order valence-electron chi connectivity index (χ3n) is 3.80. The van der Waals surface area contributed by atoms with Crippen LogP contribution in [0.4, 0.5) is 10.2 Å². The number of hydrogen-bond donors (Lipinski definition) is 1. The van der Waals surface area contributed by atoms with Crippen LogP contribution < -0.4 is 10.5 Å². The second kappa shape index (κ2) is 7.69. The van der Waals surface area contributed by atoms with E-state index in [1.54, 1.807) is 18.2 Å². The number of nitrogens with two attached hydrogens (primary N) is 1. The van der Waals surface area contributed by atoms with E-state index in [9.17, 15) is 14.0 Å². The van der Waals surface area contributed by atoms with Gasteiger partial charge in [-0.05, 0) is 36.4 Å². The first-order chi connectivity index (χ1) is 13.0. The summed E-state index contributed by atoms with van der Waals surface area (Å²) in [5.74, 6) is -0.797. The van der Waals surface area contributed by atoms with Crippen molar-refractivity contribution in [1.82, 2.24) is 9.78 Å². The molecule has 0 saturated carbocycles. The number of carbonyl (C=O) groups is 2. The average molecular weight is 369 g/mol. The molecule has 8 heteroatoms. The molecule has 0 bridgehead atoms. The predicted octanol–water partition coefficient (Wildman–Crippen LogP) is 2.38. The van der Waals surface area contributed by atoms with Crippen molar-refractivity contribution < 1.29 is 23.5 Å². The van der Waals surface area contributed by atoms with Crippen LogP contribution in [-0.4, -0.2) is 35.2 Å². The monoisotopic (exact) mass is 369 g/mol. The number of nitrogens with zero attached hydrogens (tertiary/aromatic N) is 2. The van der Waals surface area contributed by atoms with E-state index in [4.69, 9.17) is 10.5 Å². The number of ether oxygens (including phenoxy) is 2. The zero-order valence-corrected chi connectivity index (χ0v) is 14.4. The van der Waals surface area contributed by atoms with Crippen LogP contribution >= 0.6 is 0 Å². The fourth-order valence-electron chi connectivity index (χ4n) is 2.40. The highest BCUT2D eigenvalue weighted by molar-refractivity contribution is 6.11.